The molecule has 3 rings (SSSR count). The highest BCUT2D eigenvalue weighted by Crippen LogP contribution is 2.54. The highest BCUT2D eigenvalue weighted by atomic mass is 16.2. The summed E-state index contributed by atoms with van der Waals surface area (Å²) < 4.78 is 0. The van der Waals surface area contributed by atoms with E-state index in [1.807, 2.05) is 13.8 Å². The van der Waals surface area contributed by atoms with E-state index in [9.17, 15) is 9.59 Å². The molecule has 5 nitrogen and oxygen atoms in total. The lowest BCUT2D eigenvalue weighted by molar-refractivity contribution is -0.127. The van der Waals surface area contributed by atoms with E-state index in [1.165, 1.54) is 12.8 Å². The molecule has 3 fully saturated rings. The first-order chi connectivity index (χ1) is 8.84. The number of rotatable bonds is 1. The van der Waals surface area contributed by atoms with Crippen molar-refractivity contribution in [3.63, 3.8) is 0 Å². The lowest BCUT2D eigenvalue weighted by atomic mass is 9.57. The van der Waals surface area contributed by atoms with Crippen LogP contribution in [0.1, 0.15) is 52.4 Å². The predicted octanol–water partition coefficient (Wildman–Crippen LogP) is 1.37. The van der Waals surface area contributed by atoms with Gasteiger partial charge in [-0.05, 0) is 57.8 Å². The molecule has 3 aliphatic rings. The van der Waals surface area contributed by atoms with Gasteiger partial charge in [0.15, 0.2) is 0 Å². The van der Waals surface area contributed by atoms with Gasteiger partial charge in [-0.15, -0.1) is 0 Å². The Morgan fingerprint density at radius 1 is 1.21 bits per heavy atom. The molecule has 0 bridgehead atoms. The molecule has 106 valence electrons. The summed E-state index contributed by atoms with van der Waals surface area (Å²) in [5, 5.41) is 2.43. The molecular formula is C14H23N3O2. The number of hydrogen-bond acceptors (Lipinski definition) is 3. The van der Waals surface area contributed by atoms with Crippen LogP contribution in [0.5, 0.6) is 0 Å². The topological polar surface area (TPSA) is 75.4 Å². The average Bonchev–Trinajstić information content (AvgIpc) is 2.48. The van der Waals surface area contributed by atoms with E-state index in [-0.39, 0.29) is 18.0 Å². The van der Waals surface area contributed by atoms with Crippen LogP contribution in [0.25, 0.3) is 0 Å². The fourth-order valence-electron chi connectivity index (χ4n) is 4.08. The Balaban J connectivity index is 1.67. The van der Waals surface area contributed by atoms with E-state index in [2.05, 4.69) is 5.32 Å². The van der Waals surface area contributed by atoms with Gasteiger partial charge in [-0.2, -0.15) is 0 Å². The van der Waals surface area contributed by atoms with E-state index in [1.54, 1.807) is 4.90 Å². The fraction of sp³-hybridized carbons (Fsp3) is 0.857. The number of imide groups is 1. The number of nitrogens with one attached hydrogen (secondary N) is 1. The van der Waals surface area contributed by atoms with Gasteiger partial charge >= 0.3 is 6.03 Å². The molecule has 2 aliphatic carbocycles. The Kier molecular flexibility index (Phi) is 2.68. The Morgan fingerprint density at radius 3 is 2.26 bits per heavy atom. The van der Waals surface area contributed by atoms with Crippen LogP contribution in [0.15, 0.2) is 0 Å². The number of amides is 3. The summed E-state index contributed by atoms with van der Waals surface area (Å²) in [5.41, 5.74) is 5.65. The number of carbonyl (C=O) groups is 2. The molecule has 0 atom stereocenters. The largest absolute Gasteiger partial charge is 0.328 e. The Bertz CT molecular complexity index is 416. The third-order valence-corrected chi connectivity index (χ3v) is 5.39. The van der Waals surface area contributed by atoms with Crippen LogP contribution >= 0.6 is 0 Å². The van der Waals surface area contributed by atoms with E-state index in [0.717, 1.165) is 25.7 Å². The summed E-state index contributed by atoms with van der Waals surface area (Å²) in [5.74, 6) is -0.177. The summed E-state index contributed by atoms with van der Waals surface area (Å²) in [6.07, 6.45) is 6.61. The van der Waals surface area contributed by atoms with Gasteiger partial charge in [0.25, 0.3) is 5.91 Å². The zero-order valence-electron chi connectivity index (χ0n) is 11.7. The molecule has 3 N–H and O–H groups in total. The van der Waals surface area contributed by atoms with Crippen molar-refractivity contribution in [3.8, 4) is 0 Å². The number of nitrogens with zero attached hydrogens (tertiary/aromatic N) is 1. The van der Waals surface area contributed by atoms with Crippen LogP contribution in [0.3, 0.4) is 0 Å². The smallest absolute Gasteiger partial charge is 0.325 e. The minimum Gasteiger partial charge on any atom is -0.328 e. The molecule has 1 spiro atoms. The van der Waals surface area contributed by atoms with Gasteiger partial charge in [0.2, 0.25) is 0 Å². The second-order valence-electron chi connectivity index (χ2n) is 7.09. The van der Waals surface area contributed by atoms with Crippen LogP contribution in [-0.2, 0) is 4.79 Å². The van der Waals surface area contributed by atoms with Gasteiger partial charge < -0.3 is 10.6 Å². The highest BCUT2D eigenvalue weighted by molar-refractivity contribution is 6.06. The molecular weight excluding hydrogens is 242 g/mol. The fourth-order valence-corrected chi connectivity index (χ4v) is 4.08. The monoisotopic (exact) mass is 265 g/mol. The average molecular weight is 265 g/mol. The van der Waals surface area contributed by atoms with E-state index >= 15 is 0 Å². The maximum Gasteiger partial charge on any atom is 0.325 e. The van der Waals surface area contributed by atoms with Crippen LogP contribution < -0.4 is 11.1 Å². The second kappa shape index (κ2) is 3.95. The first kappa shape index (κ1) is 12.9. The summed E-state index contributed by atoms with van der Waals surface area (Å²) in [4.78, 5) is 25.5. The molecule has 19 heavy (non-hydrogen) atoms. The minimum absolute atomic E-state index is 0.177. The van der Waals surface area contributed by atoms with Crippen molar-refractivity contribution in [2.24, 2.45) is 11.1 Å². The molecule has 1 heterocycles. The van der Waals surface area contributed by atoms with Crippen LogP contribution in [-0.4, -0.2) is 34.5 Å². The normalized spacial score (nSPS) is 41.3. The third kappa shape index (κ3) is 1.86. The van der Waals surface area contributed by atoms with Crippen molar-refractivity contribution < 1.29 is 9.59 Å². The van der Waals surface area contributed by atoms with Gasteiger partial charge in [-0.25, -0.2) is 4.79 Å². The minimum atomic E-state index is -0.700. The second-order valence-corrected chi connectivity index (χ2v) is 7.09. The van der Waals surface area contributed by atoms with Crippen molar-refractivity contribution in [1.29, 1.82) is 0 Å². The van der Waals surface area contributed by atoms with Gasteiger partial charge in [0, 0.05) is 12.1 Å². The molecule has 1 saturated heterocycles. The van der Waals surface area contributed by atoms with Crippen LogP contribution in [0.2, 0.25) is 0 Å². The first-order valence-corrected chi connectivity index (χ1v) is 7.24. The molecule has 2 saturated carbocycles. The van der Waals surface area contributed by atoms with E-state index in [4.69, 9.17) is 5.73 Å². The summed E-state index contributed by atoms with van der Waals surface area (Å²) in [6, 6.07) is 0.357. The quantitative estimate of drug-likeness (QED) is 0.703. The van der Waals surface area contributed by atoms with Crippen molar-refractivity contribution in [3.05, 3.63) is 0 Å². The Hall–Kier alpha value is -1.10. The van der Waals surface area contributed by atoms with Crippen molar-refractivity contribution >= 4 is 11.9 Å². The molecule has 0 aromatic carbocycles. The molecule has 0 aromatic heterocycles. The van der Waals surface area contributed by atoms with Gasteiger partial charge in [0.05, 0.1) is 0 Å². The zero-order chi connectivity index (χ0) is 13.8. The standard InChI is InChI=1S/C14H23N3O2/c1-13(2)11(18)16-12(19)17(13)10-7-14(8-10)5-3-9(15)4-6-14/h9-10H,3-8,15H2,1-2H3,(H,16,18,19). The number of carbonyl (C=O) groups excluding carboxylic acids is 2. The van der Waals surface area contributed by atoms with E-state index < -0.39 is 5.54 Å². The lowest BCUT2D eigenvalue weighted by Gasteiger charge is -2.55. The summed E-state index contributed by atoms with van der Waals surface area (Å²) in [7, 11) is 0. The number of nitrogens with two attached hydrogens (primary N) is 1. The van der Waals surface area contributed by atoms with E-state index in [0.29, 0.717) is 11.5 Å². The summed E-state index contributed by atoms with van der Waals surface area (Å²) >= 11 is 0. The Morgan fingerprint density at radius 2 is 1.79 bits per heavy atom. The van der Waals surface area contributed by atoms with Crippen LogP contribution in [0, 0.1) is 5.41 Å². The SMILES string of the molecule is CC1(C)C(=O)NC(=O)N1C1CC2(CCC(N)CC2)C1. The van der Waals surface area contributed by atoms with Crippen LogP contribution in [0.4, 0.5) is 4.79 Å². The third-order valence-electron chi connectivity index (χ3n) is 5.39. The lowest BCUT2D eigenvalue weighted by Crippen LogP contribution is -2.59. The van der Waals surface area contributed by atoms with Gasteiger partial charge in [-0.1, -0.05) is 0 Å². The van der Waals surface area contributed by atoms with Crippen molar-refractivity contribution in [2.45, 2.75) is 70.0 Å². The molecule has 0 aromatic rings. The molecule has 0 unspecified atom stereocenters. The zero-order valence-corrected chi connectivity index (χ0v) is 11.7. The van der Waals surface area contributed by atoms with Crippen molar-refractivity contribution in [2.75, 3.05) is 0 Å². The number of urea groups is 1. The van der Waals surface area contributed by atoms with Gasteiger partial charge in [-0.3, -0.25) is 10.1 Å². The maximum atomic E-state index is 11.9. The summed E-state index contributed by atoms with van der Waals surface area (Å²) in [6.45, 7) is 3.66. The molecule has 0 radical (unpaired) electrons. The predicted molar refractivity (Wildman–Crippen MR) is 71.4 cm³/mol. The highest BCUT2D eigenvalue weighted by Gasteiger charge is 2.56. The molecule has 5 heteroatoms. The molecule has 3 amide bonds. The Labute approximate surface area is 113 Å². The maximum absolute atomic E-state index is 11.9. The first-order valence-electron chi connectivity index (χ1n) is 7.24. The van der Waals surface area contributed by atoms with Crippen molar-refractivity contribution in [1.82, 2.24) is 10.2 Å². The van der Waals surface area contributed by atoms with Gasteiger partial charge in [0.1, 0.15) is 5.54 Å². The molecule has 1 aliphatic heterocycles. The number of hydrogen-bond donors (Lipinski definition) is 2.